The molecule has 0 unspecified atom stereocenters. The Labute approximate surface area is 160 Å². The van der Waals surface area contributed by atoms with Gasteiger partial charge < -0.3 is 14.8 Å². The standard InChI is InChI=1S/C19H29N3O5/c1-5-27-17-11-14(15(22(24)25)12-16(17)26-4)18(23)20-13-19(2,3)21-9-7-6-8-10-21/h11-12H,5-10,13H2,1-4H3,(H,20,23). The third-order valence-corrected chi connectivity index (χ3v) is 4.92. The molecule has 1 amide bonds. The minimum Gasteiger partial charge on any atom is -0.493 e. The van der Waals surface area contributed by atoms with Crippen molar-refractivity contribution in [1.82, 2.24) is 10.2 Å². The lowest BCUT2D eigenvalue weighted by Gasteiger charge is -2.41. The smallest absolute Gasteiger partial charge is 0.286 e. The number of nitrogens with zero attached hydrogens (tertiary/aromatic N) is 2. The lowest BCUT2D eigenvalue weighted by Crippen LogP contribution is -2.53. The Balaban J connectivity index is 2.20. The number of ether oxygens (including phenoxy) is 2. The first-order valence-electron chi connectivity index (χ1n) is 9.32. The predicted molar refractivity (Wildman–Crippen MR) is 103 cm³/mol. The molecule has 8 heteroatoms. The van der Waals surface area contributed by atoms with E-state index in [0.717, 1.165) is 25.9 Å². The molecule has 1 aliphatic rings. The van der Waals surface area contributed by atoms with E-state index in [2.05, 4.69) is 24.1 Å². The topological polar surface area (TPSA) is 93.9 Å². The molecule has 1 aliphatic heterocycles. The molecule has 1 aromatic rings. The molecule has 0 saturated carbocycles. The van der Waals surface area contributed by atoms with E-state index >= 15 is 0 Å². The van der Waals surface area contributed by atoms with Gasteiger partial charge in [-0.15, -0.1) is 0 Å². The molecule has 1 N–H and O–H groups in total. The predicted octanol–water partition coefficient (Wildman–Crippen LogP) is 3.00. The maximum atomic E-state index is 12.7. The molecule has 0 spiro atoms. The van der Waals surface area contributed by atoms with Crippen molar-refractivity contribution in [2.75, 3.05) is 33.4 Å². The summed E-state index contributed by atoms with van der Waals surface area (Å²) in [7, 11) is 1.41. The van der Waals surface area contributed by atoms with Crippen molar-refractivity contribution in [1.29, 1.82) is 0 Å². The molecule has 1 heterocycles. The molecule has 150 valence electrons. The monoisotopic (exact) mass is 379 g/mol. The van der Waals surface area contributed by atoms with Crippen molar-refractivity contribution < 1.29 is 19.2 Å². The van der Waals surface area contributed by atoms with Crippen molar-refractivity contribution in [3.05, 3.63) is 27.8 Å². The normalized spacial score (nSPS) is 15.3. The van der Waals surface area contributed by atoms with Gasteiger partial charge in [0.15, 0.2) is 11.5 Å². The first-order chi connectivity index (χ1) is 12.8. The van der Waals surface area contributed by atoms with Gasteiger partial charge in [0, 0.05) is 18.2 Å². The number of carbonyl (C=O) groups is 1. The molecule has 0 atom stereocenters. The fourth-order valence-corrected chi connectivity index (χ4v) is 3.31. The number of nitrogens with one attached hydrogen (secondary N) is 1. The van der Waals surface area contributed by atoms with E-state index in [1.54, 1.807) is 6.92 Å². The number of methoxy groups -OCH3 is 1. The van der Waals surface area contributed by atoms with E-state index in [4.69, 9.17) is 9.47 Å². The van der Waals surface area contributed by atoms with E-state index in [9.17, 15) is 14.9 Å². The van der Waals surface area contributed by atoms with Crippen LogP contribution in [0.1, 0.15) is 50.4 Å². The van der Waals surface area contributed by atoms with Crippen LogP contribution in [0.3, 0.4) is 0 Å². The maximum absolute atomic E-state index is 12.7. The summed E-state index contributed by atoms with van der Waals surface area (Å²) in [6, 6.07) is 2.61. The molecule has 0 aliphatic carbocycles. The van der Waals surface area contributed by atoms with Crippen LogP contribution in [-0.4, -0.2) is 54.6 Å². The summed E-state index contributed by atoms with van der Waals surface area (Å²) in [5, 5.41) is 14.3. The van der Waals surface area contributed by atoms with Crippen LogP contribution < -0.4 is 14.8 Å². The van der Waals surface area contributed by atoms with Gasteiger partial charge in [-0.1, -0.05) is 6.42 Å². The molecular formula is C19H29N3O5. The van der Waals surface area contributed by atoms with Gasteiger partial charge in [0.25, 0.3) is 11.6 Å². The SMILES string of the molecule is CCOc1cc(C(=O)NCC(C)(C)N2CCCCC2)c([N+](=O)[O-])cc1OC. The summed E-state index contributed by atoms with van der Waals surface area (Å²) in [5.74, 6) is 0.0511. The highest BCUT2D eigenvalue weighted by Crippen LogP contribution is 2.34. The van der Waals surface area contributed by atoms with Crippen molar-refractivity contribution in [3.63, 3.8) is 0 Å². The Morgan fingerprint density at radius 1 is 1.26 bits per heavy atom. The summed E-state index contributed by atoms with van der Waals surface area (Å²) in [4.78, 5) is 25.9. The van der Waals surface area contributed by atoms with Crippen LogP contribution in [0.15, 0.2) is 12.1 Å². The number of likely N-dealkylation sites (tertiary alicyclic amines) is 1. The van der Waals surface area contributed by atoms with Gasteiger partial charge in [0.1, 0.15) is 5.56 Å². The Bertz CT molecular complexity index is 684. The Hall–Kier alpha value is -2.35. The Kier molecular flexibility index (Phi) is 7.01. The first-order valence-corrected chi connectivity index (χ1v) is 9.32. The lowest BCUT2D eigenvalue weighted by atomic mass is 9.98. The highest BCUT2D eigenvalue weighted by molar-refractivity contribution is 5.99. The number of amides is 1. The number of nitro benzene ring substituents is 1. The number of nitro groups is 1. The summed E-state index contributed by atoms with van der Waals surface area (Å²) >= 11 is 0. The molecule has 0 aromatic heterocycles. The summed E-state index contributed by atoms with van der Waals surface area (Å²) in [5.41, 5.74) is -0.553. The van der Waals surface area contributed by atoms with Crippen LogP contribution in [0.2, 0.25) is 0 Å². The van der Waals surface area contributed by atoms with E-state index in [0.29, 0.717) is 18.9 Å². The van der Waals surface area contributed by atoms with Crippen LogP contribution in [0.25, 0.3) is 0 Å². The van der Waals surface area contributed by atoms with Crippen LogP contribution >= 0.6 is 0 Å². The van der Waals surface area contributed by atoms with E-state index in [1.807, 2.05) is 0 Å². The summed E-state index contributed by atoms with van der Waals surface area (Å²) in [6.07, 6.45) is 3.54. The zero-order valence-electron chi connectivity index (χ0n) is 16.5. The molecular weight excluding hydrogens is 350 g/mol. The highest BCUT2D eigenvalue weighted by Gasteiger charge is 2.30. The number of benzene rings is 1. The van der Waals surface area contributed by atoms with Crippen LogP contribution in [0.4, 0.5) is 5.69 Å². The molecule has 1 saturated heterocycles. The average molecular weight is 379 g/mol. The van der Waals surface area contributed by atoms with E-state index in [1.165, 1.54) is 25.7 Å². The van der Waals surface area contributed by atoms with Crippen molar-refractivity contribution in [2.45, 2.75) is 45.6 Å². The minimum absolute atomic E-state index is 0.0290. The Morgan fingerprint density at radius 3 is 2.48 bits per heavy atom. The summed E-state index contributed by atoms with van der Waals surface area (Å²) in [6.45, 7) is 8.71. The third kappa shape index (κ3) is 5.09. The number of piperidine rings is 1. The van der Waals surface area contributed by atoms with Gasteiger partial charge in [0.05, 0.1) is 24.7 Å². The average Bonchev–Trinajstić information content (AvgIpc) is 2.66. The minimum atomic E-state index is -0.580. The van der Waals surface area contributed by atoms with Gasteiger partial charge in [0.2, 0.25) is 0 Å². The third-order valence-electron chi connectivity index (χ3n) is 4.92. The molecule has 1 aromatic carbocycles. The maximum Gasteiger partial charge on any atom is 0.286 e. The lowest BCUT2D eigenvalue weighted by molar-refractivity contribution is -0.385. The zero-order chi connectivity index (χ0) is 20.0. The van der Waals surface area contributed by atoms with Crippen LogP contribution in [-0.2, 0) is 0 Å². The molecule has 1 fully saturated rings. The highest BCUT2D eigenvalue weighted by atomic mass is 16.6. The second kappa shape index (κ2) is 9.03. The number of carbonyl (C=O) groups excluding carboxylic acids is 1. The summed E-state index contributed by atoms with van der Waals surface area (Å²) < 4.78 is 10.6. The fourth-order valence-electron chi connectivity index (χ4n) is 3.31. The molecule has 27 heavy (non-hydrogen) atoms. The number of rotatable bonds is 8. The van der Waals surface area contributed by atoms with E-state index < -0.39 is 10.8 Å². The van der Waals surface area contributed by atoms with Gasteiger partial charge in [-0.3, -0.25) is 19.8 Å². The number of hydrogen-bond acceptors (Lipinski definition) is 6. The van der Waals surface area contributed by atoms with Crippen molar-refractivity contribution in [3.8, 4) is 11.5 Å². The van der Waals surface area contributed by atoms with Gasteiger partial charge >= 0.3 is 0 Å². The van der Waals surface area contributed by atoms with Gasteiger partial charge in [-0.05, 0) is 46.7 Å². The van der Waals surface area contributed by atoms with Crippen LogP contribution in [0.5, 0.6) is 11.5 Å². The number of hydrogen-bond donors (Lipinski definition) is 1. The van der Waals surface area contributed by atoms with Gasteiger partial charge in [-0.25, -0.2) is 0 Å². The second-order valence-electron chi connectivity index (χ2n) is 7.25. The quantitative estimate of drug-likeness (QED) is 0.551. The first kappa shape index (κ1) is 21.0. The van der Waals surface area contributed by atoms with E-state index in [-0.39, 0.29) is 22.5 Å². The Morgan fingerprint density at radius 2 is 1.93 bits per heavy atom. The fraction of sp³-hybridized carbons (Fsp3) is 0.632. The van der Waals surface area contributed by atoms with Crippen molar-refractivity contribution in [2.24, 2.45) is 0 Å². The zero-order valence-corrected chi connectivity index (χ0v) is 16.5. The van der Waals surface area contributed by atoms with Crippen molar-refractivity contribution >= 4 is 11.6 Å². The van der Waals surface area contributed by atoms with Gasteiger partial charge in [-0.2, -0.15) is 0 Å². The molecule has 0 radical (unpaired) electrons. The molecule has 8 nitrogen and oxygen atoms in total. The molecule has 0 bridgehead atoms. The van der Waals surface area contributed by atoms with Crippen LogP contribution in [0, 0.1) is 10.1 Å². The molecule has 2 rings (SSSR count). The largest absolute Gasteiger partial charge is 0.493 e. The second-order valence-corrected chi connectivity index (χ2v) is 7.25.